The summed E-state index contributed by atoms with van der Waals surface area (Å²) in [7, 11) is 0. The molecule has 0 unspecified atom stereocenters. The Morgan fingerprint density at radius 2 is 1.95 bits per heavy atom. The van der Waals surface area contributed by atoms with E-state index in [1.807, 2.05) is 0 Å². The van der Waals surface area contributed by atoms with E-state index < -0.39 is 5.54 Å². The second-order valence-corrected chi connectivity index (χ2v) is 6.16. The van der Waals surface area contributed by atoms with E-state index in [9.17, 15) is 4.39 Å². The van der Waals surface area contributed by atoms with Crippen LogP contribution in [0.25, 0.3) is 0 Å². The summed E-state index contributed by atoms with van der Waals surface area (Å²) in [6.45, 7) is 2.24. The molecule has 1 fully saturated rings. The molecule has 0 bridgehead atoms. The molecule has 3 rings (SSSR count). The monoisotopic (exact) mass is 289 g/mol. The molecule has 1 heterocycles. The average molecular weight is 289 g/mol. The summed E-state index contributed by atoms with van der Waals surface area (Å²) >= 11 is 0. The molecule has 0 atom stereocenters. The van der Waals surface area contributed by atoms with Crippen molar-refractivity contribution in [1.82, 2.24) is 10.1 Å². The van der Waals surface area contributed by atoms with Gasteiger partial charge in [0.1, 0.15) is 5.82 Å². The van der Waals surface area contributed by atoms with Crippen LogP contribution in [0.3, 0.4) is 0 Å². The molecule has 4 nitrogen and oxygen atoms in total. The van der Waals surface area contributed by atoms with Gasteiger partial charge in [-0.25, -0.2) is 4.39 Å². The second kappa shape index (κ2) is 5.56. The molecule has 0 radical (unpaired) electrons. The number of hydrogen-bond donors (Lipinski definition) is 1. The van der Waals surface area contributed by atoms with E-state index in [1.165, 1.54) is 12.1 Å². The van der Waals surface area contributed by atoms with E-state index in [0.717, 1.165) is 31.2 Å². The minimum atomic E-state index is -0.486. The van der Waals surface area contributed by atoms with Gasteiger partial charge in [0.25, 0.3) is 0 Å². The van der Waals surface area contributed by atoms with Crippen molar-refractivity contribution < 1.29 is 8.91 Å². The molecule has 1 aromatic carbocycles. The molecule has 21 heavy (non-hydrogen) atoms. The summed E-state index contributed by atoms with van der Waals surface area (Å²) in [5, 5.41) is 4.01. The summed E-state index contributed by atoms with van der Waals surface area (Å²) in [5.74, 6) is 1.60. The van der Waals surface area contributed by atoms with Crippen molar-refractivity contribution in [3.05, 3.63) is 47.4 Å². The fraction of sp³-hybridized carbons (Fsp3) is 0.500. The van der Waals surface area contributed by atoms with Gasteiger partial charge in [-0.15, -0.1) is 0 Å². The number of halogens is 1. The third-order valence-electron chi connectivity index (χ3n) is 4.34. The fourth-order valence-electron chi connectivity index (χ4n) is 2.80. The molecule has 0 amide bonds. The highest BCUT2D eigenvalue weighted by Gasteiger charge is 2.37. The number of aromatic nitrogens is 2. The van der Waals surface area contributed by atoms with Crippen molar-refractivity contribution in [3.8, 4) is 0 Å². The molecule has 0 saturated heterocycles. The predicted octanol–water partition coefficient (Wildman–Crippen LogP) is 3.16. The van der Waals surface area contributed by atoms with Crippen molar-refractivity contribution in [2.24, 2.45) is 11.7 Å². The van der Waals surface area contributed by atoms with Crippen LogP contribution in [0.15, 0.2) is 28.8 Å². The molecule has 1 aliphatic carbocycles. The van der Waals surface area contributed by atoms with Crippen LogP contribution in [0, 0.1) is 11.7 Å². The Morgan fingerprint density at radius 3 is 2.62 bits per heavy atom. The average Bonchev–Trinajstić information content (AvgIpc) is 2.94. The number of nitrogens with two attached hydrogens (primary N) is 1. The highest BCUT2D eigenvalue weighted by atomic mass is 19.1. The summed E-state index contributed by atoms with van der Waals surface area (Å²) in [6.07, 6.45) is 4.47. The number of benzene rings is 1. The van der Waals surface area contributed by atoms with Gasteiger partial charge < -0.3 is 10.3 Å². The van der Waals surface area contributed by atoms with Crippen molar-refractivity contribution in [2.45, 2.75) is 44.6 Å². The minimum absolute atomic E-state index is 0.246. The number of rotatable bonds is 3. The first kappa shape index (κ1) is 14.2. The van der Waals surface area contributed by atoms with Crippen molar-refractivity contribution in [1.29, 1.82) is 0 Å². The molecule has 0 spiro atoms. The molecule has 1 aromatic heterocycles. The lowest BCUT2D eigenvalue weighted by atomic mass is 9.78. The number of hydrogen-bond acceptors (Lipinski definition) is 4. The van der Waals surface area contributed by atoms with Crippen LogP contribution >= 0.6 is 0 Å². The molecule has 2 aromatic rings. The zero-order valence-electron chi connectivity index (χ0n) is 12.2. The van der Waals surface area contributed by atoms with E-state index >= 15 is 0 Å². The van der Waals surface area contributed by atoms with Gasteiger partial charge in [0.15, 0.2) is 5.82 Å². The van der Waals surface area contributed by atoms with Crippen molar-refractivity contribution in [2.75, 3.05) is 0 Å². The molecular weight excluding hydrogens is 269 g/mol. The summed E-state index contributed by atoms with van der Waals surface area (Å²) in [6, 6.07) is 6.32. The first-order valence-corrected chi connectivity index (χ1v) is 7.41. The van der Waals surface area contributed by atoms with Crippen LogP contribution in [-0.2, 0) is 12.0 Å². The van der Waals surface area contributed by atoms with Crippen molar-refractivity contribution >= 4 is 0 Å². The van der Waals surface area contributed by atoms with Crippen LogP contribution in [0.4, 0.5) is 4.39 Å². The van der Waals surface area contributed by atoms with E-state index in [0.29, 0.717) is 24.1 Å². The van der Waals surface area contributed by atoms with Crippen molar-refractivity contribution in [3.63, 3.8) is 0 Å². The van der Waals surface area contributed by atoms with Crippen LogP contribution in [0.2, 0.25) is 0 Å². The van der Waals surface area contributed by atoms with Gasteiger partial charge >= 0.3 is 0 Å². The normalized spacial score (nSPS) is 26.0. The summed E-state index contributed by atoms with van der Waals surface area (Å²) < 4.78 is 18.3. The van der Waals surface area contributed by atoms with Gasteiger partial charge in [-0.05, 0) is 49.3 Å². The Kier molecular flexibility index (Phi) is 3.76. The minimum Gasteiger partial charge on any atom is -0.337 e. The lowest BCUT2D eigenvalue weighted by Crippen LogP contribution is -2.40. The Bertz CT molecular complexity index is 600. The maximum atomic E-state index is 12.9. The van der Waals surface area contributed by atoms with E-state index in [2.05, 4.69) is 17.1 Å². The zero-order chi connectivity index (χ0) is 14.9. The van der Waals surface area contributed by atoms with Gasteiger partial charge in [0.2, 0.25) is 5.89 Å². The largest absolute Gasteiger partial charge is 0.337 e. The van der Waals surface area contributed by atoms with Crippen LogP contribution in [0.1, 0.15) is 49.9 Å². The highest BCUT2D eigenvalue weighted by Crippen LogP contribution is 2.36. The lowest BCUT2D eigenvalue weighted by molar-refractivity contribution is 0.190. The van der Waals surface area contributed by atoms with E-state index in [1.54, 1.807) is 12.1 Å². The smallest absolute Gasteiger partial charge is 0.246 e. The molecule has 1 saturated carbocycles. The number of nitrogens with zero attached hydrogens (tertiary/aromatic N) is 2. The molecule has 112 valence electrons. The van der Waals surface area contributed by atoms with E-state index in [4.69, 9.17) is 10.3 Å². The Hall–Kier alpha value is -1.75. The SMILES string of the molecule is CC1CCC(N)(c2nc(Cc3ccc(F)cc3)no2)CC1. The first-order chi connectivity index (χ1) is 10.0. The Labute approximate surface area is 123 Å². The maximum absolute atomic E-state index is 12.9. The third kappa shape index (κ3) is 3.13. The van der Waals surface area contributed by atoms with Gasteiger partial charge in [-0.2, -0.15) is 4.98 Å². The second-order valence-electron chi connectivity index (χ2n) is 6.16. The topological polar surface area (TPSA) is 64.9 Å². The maximum Gasteiger partial charge on any atom is 0.246 e. The molecule has 0 aliphatic heterocycles. The molecule has 2 N–H and O–H groups in total. The van der Waals surface area contributed by atoms with E-state index in [-0.39, 0.29) is 5.82 Å². The van der Waals surface area contributed by atoms with Crippen LogP contribution in [0.5, 0.6) is 0 Å². The zero-order valence-corrected chi connectivity index (χ0v) is 12.2. The third-order valence-corrected chi connectivity index (χ3v) is 4.34. The quantitative estimate of drug-likeness (QED) is 0.942. The van der Waals surface area contributed by atoms with Gasteiger partial charge in [0.05, 0.1) is 5.54 Å². The Morgan fingerprint density at radius 1 is 1.29 bits per heavy atom. The fourth-order valence-corrected chi connectivity index (χ4v) is 2.80. The molecular formula is C16H20FN3O. The predicted molar refractivity (Wildman–Crippen MR) is 77.0 cm³/mol. The summed E-state index contributed by atoms with van der Waals surface area (Å²) in [4.78, 5) is 4.45. The first-order valence-electron chi connectivity index (χ1n) is 7.41. The molecule has 1 aliphatic rings. The Balaban J connectivity index is 1.72. The summed E-state index contributed by atoms with van der Waals surface area (Å²) in [5.41, 5.74) is 6.89. The van der Waals surface area contributed by atoms with Gasteiger partial charge in [-0.3, -0.25) is 0 Å². The highest BCUT2D eigenvalue weighted by molar-refractivity contribution is 5.20. The standard InChI is InChI=1S/C16H20FN3O/c1-11-6-8-16(18,9-7-11)15-19-14(20-21-15)10-12-2-4-13(17)5-3-12/h2-5,11H,6-10,18H2,1H3. The molecule has 5 heteroatoms. The van der Waals surface area contributed by atoms with Gasteiger partial charge in [0, 0.05) is 6.42 Å². The van der Waals surface area contributed by atoms with Crippen LogP contribution in [-0.4, -0.2) is 10.1 Å². The van der Waals surface area contributed by atoms with Gasteiger partial charge in [-0.1, -0.05) is 24.2 Å². The van der Waals surface area contributed by atoms with Crippen LogP contribution < -0.4 is 5.73 Å². The lowest BCUT2D eigenvalue weighted by Gasteiger charge is -2.32.